The van der Waals surface area contributed by atoms with Crippen LogP contribution < -0.4 is 38.1 Å². The van der Waals surface area contributed by atoms with Crippen LogP contribution >= 0.6 is 0 Å². The molecular weight excluding hydrogens is 1400 g/mol. The first-order valence-electron chi connectivity index (χ1n) is 35.2. The van der Waals surface area contributed by atoms with Crippen LogP contribution in [0, 0.1) is 11.2 Å². The number of halogens is 1. The van der Waals surface area contributed by atoms with Gasteiger partial charge in [-0.15, -0.1) is 5.10 Å². The fourth-order valence-electron chi connectivity index (χ4n) is 10.2. The Hall–Kier alpha value is -8.54. The molecule has 38 heteroatoms. The highest BCUT2D eigenvalue weighted by Crippen LogP contribution is 2.31. The summed E-state index contributed by atoms with van der Waals surface area (Å²) in [6.45, 7) is 18.1. The average molecular weight is 1500 g/mol. The number of imidazole rings is 1. The number of benzene rings is 1. The fraction of sp³-hybridized carbons (Fsp3) is 0.662. The predicted molar refractivity (Wildman–Crippen MR) is 378 cm³/mol. The maximum absolute atomic E-state index is 14.1. The third-order valence-electron chi connectivity index (χ3n) is 15.6. The lowest BCUT2D eigenvalue weighted by atomic mass is 9.87. The summed E-state index contributed by atoms with van der Waals surface area (Å²) in [4.78, 5) is 108. The molecule has 592 valence electrons. The van der Waals surface area contributed by atoms with Crippen molar-refractivity contribution in [3.05, 3.63) is 65.5 Å². The molecule has 0 radical (unpaired) electrons. The van der Waals surface area contributed by atoms with Crippen molar-refractivity contribution in [2.45, 2.75) is 96.3 Å². The number of rotatable bonds is 57. The highest BCUT2D eigenvalue weighted by atomic mass is 19.1. The zero-order valence-electron chi connectivity index (χ0n) is 61.4. The van der Waals surface area contributed by atoms with Crippen LogP contribution in [0.25, 0.3) is 16.9 Å². The van der Waals surface area contributed by atoms with E-state index in [0.717, 1.165) is 11.1 Å². The van der Waals surface area contributed by atoms with Gasteiger partial charge in [0.15, 0.2) is 17.3 Å². The number of hydrogen-bond donors (Lipinski definition) is 9. The smallest absolute Gasteiger partial charge is 0.305 e. The van der Waals surface area contributed by atoms with E-state index in [1.807, 2.05) is 40.7 Å². The zero-order chi connectivity index (χ0) is 77.0. The Morgan fingerprint density at radius 1 is 0.594 bits per heavy atom. The Morgan fingerprint density at radius 3 is 1.53 bits per heavy atom. The van der Waals surface area contributed by atoms with Crippen molar-refractivity contribution in [2.75, 3.05) is 198 Å². The van der Waals surface area contributed by atoms with E-state index in [2.05, 4.69) is 36.9 Å². The van der Waals surface area contributed by atoms with Crippen LogP contribution in [0.15, 0.2) is 42.7 Å². The molecular formula is C68H107FN16O21. The number of primary amides is 1. The number of nitrogens with one attached hydrogen (secondary N) is 6. The summed E-state index contributed by atoms with van der Waals surface area (Å²) >= 11 is 0. The maximum Gasteiger partial charge on any atom is 0.305 e. The number of nitrogens with two attached hydrogens (primary N) is 2. The van der Waals surface area contributed by atoms with Gasteiger partial charge in [-0.25, -0.2) is 18.6 Å². The van der Waals surface area contributed by atoms with E-state index in [1.165, 1.54) is 23.0 Å². The second kappa shape index (κ2) is 49.4. The molecule has 1 aliphatic heterocycles. The van der Waals surface area contributed by atoms with Gasteiger partial charge in [-0.3, -0.25) is 43.8 Å². The number of guanidine groups is 1. The van der Waals surface area contributed by atoms with Crippen molar-refractivity contribution in [1.29, 1.82) is 5.41 Å². The molecule has 1 saturated heterocycles. The van der Waals surface area contributed by atoms with Crippen molar-refractivity contribution in [2.24, 2.45) is 11.5 Å². The number of nitrogens with zero attached hydrogens (tertiary/aromatic N) is 8. The van der Waals surface area contributed by atoms with Gasteiger partial charge in [-0.1, -0.05) is 26.0 Å². The molecule has 1 aliphatic rings. The Bertz CT molecular complexity index is 3320. The van der Waals surface area contributed by atoms with Crippen molar-refractivity contribution < 1.29 is 105 Å². The van der Waals surface area contributed by atoms with Gasteiger partial charge in [0.05, 0.1) is 189 Å². The Morgan fingerprint density at radius 2 is 1.07 bits per heavy atom. The third-order valence-corrected chi connectivity index (χ3v) is 15.6. The lowest BCUT2D eigenvalue weighted by molar-refractivity contribution is -0.140. The molecule has 2 atom stereocenters. The summed E-state index contributed by atoms with van der Waals surface area (Å²) in [5.74, 6) is -5.11. The molecule has 5 rings (SSSR count). The Labute approximate surface area is 615 Å². The SMILES string of the molecule is CC(C)(C)c1cc(-c2ccc(F)cc2)nn2cc(C(=O)N3CCN(C(=O)c4cn(CC(=O)NCCOCCOCCOCCOCCOCCOCCC(=O)N[C@@H](CCCNC(=N)N)C(=O)NCCOCCOCCOCCOCCOCCOCCC(=O)N[C@@H](CC(=O)O)C(N)=O)nn4)CC3(C)C)nc12. The number of amides is 7. The molecule has 1 aromatic carbocycles. The molecule has 0 saturated carbocycles. The van der Waals surface area contributed by atoms with Crippen molar-refractivity contribution >= 4 is 58.9 Å². The summed E-state index contributed by atoms with van der Waals surface area (Å²) in [5, 5.41) is 42.2. The second-order valence-corrected chi connectivity index (χ2v) is 25.6. The van der Waals surface area contributed by atoms with Crippen LogP contribution in [0.4, 0.5) is 4.39 Å². The summed E-state index contributed by atoms with van der Waals surface area (Å²) in [6, 6.07) is 5.86. The van der Waals surface area contributed by atoms with Gasteiger partial charge in [0.25, 0.3) is 11.8 Å². The molecule has 106 heavy (non-hydrogen) atoms. The highest BCUT2D eigenvalue weighted by Gasteiger charge is 2.41. The molecule has 0 unspecified atom stereocenters. The zero-order valence-corrected chi connectivity index (χ0v) is 61.4. The second-order valence-electron chi connectivity index (χ2n) is 25.6. The predicted octanol–water partition coefficient (Wildman–Crippen LogP) is -0.794. The lowest BCUT2D eigenvalue weighted by Gasteiger charge is -2.46. The van der Waals surface area contributed by atoms with Crippen LogP contribution in [0.3, 0.4) is 0 Å². The van der Waals surface area contributed by atoms with Crippen LogP contribution in [0.2, 0.25) is 0 Å². The van der Waals surface area contributed by atoms with Gasteiger partial charge in [-0.2, -0.15) is 5.10 Å². The molecule has 0 aliphatic carbocycles. The van der Waals surface area contributed by atoms with E-state index < -0.39 is 41.8 Å². The maximum atomic E-state index is 14.1. The van der Waals surface area contributed by atoms with Gasteiger partial charge in [0, 0.05) is 63.2 Å². The lowest BCUT2D eigenvalue weighted by Crippen LogP contribution is -2.62. The van der Waals surface area contributed by atoms with E-state index in [-0.39, 0.29) is 170 Å². The highest BCUT2D eigenvalue weighted by molar-refractivity contribution is 5.95. The van der Waals surface area contributed by atoms with Crippen LogP contribution in [0.1, 0.15) is 93.3 Å². The van der Waals surface area contributed by atoms with Gasteiger partial charge >= 0.3 is 5.97 Å². The minimum atomic E-state index is -1.29. The summed E-state index contributed by atoms with van der Waals surface area (Å²) in [6.07, 6.45) is 3.11. The van der Waals surface area contributed by atoms with Gasteiger partial charge in [-0.05, 0) is 62.4 Å². The van der Waals surface area contributed by atoms with E-state index >= 15 is 0 Å². The van der Waals surface area contributed by atoms with Crippen LogP contribution in [0.5, 0.6) is 0 Å². The minimum Gasteiger partial charge on any atom is -0.481 e. The van der Waals surface area contributed by atoms with Crippen molar-refractivity contribution in [3.8, 4) is 11.3 Å². The summed E-state index contributed by atoms with van der Waals surface area (Å²) in [7, 11) is 0. The quantitative estimate of drug-likeness (QED) is 0.0148. The number of carboxylic acid groups (broad SMARTS) is 1. The first-order chi connectivity index (χ1) is 50.9. The minimum absolute atomic E-state index is 0.0176. The number of carboxylic acids is 1. The topological polar surface area (TPSA) is 471 Å². The molecule has 37 nitrogen and oxygen atoms in total. The normalized spacial score (nSPS) is 13.5. The third kappa shape index (κ3) is 35.2. The van der Waals surface area contributed by atoms with E-state index in [4.69, 9.17) is 88.9 Å². The van der Waals surface area contributed by atoms with Crippen LogP contribution in [-0.2, 0) is 97.6 Å². The fourth-order valence-corrected chi connectivity index (χ4v) is 10.2. The Kier molecular flexibility index (Phi) is 41.0. The van der Waals surface area contributed by atoms with Gasteiger partial charge in [0.2, 0.25) is 29.5 Å². The van der Waals surface area contributed by atoms with Gasteiger partial charge in [0.1, 0.15) is 30.1 Å². The molecule has 1 fully saturated rings. The number of ether oxygens (including phenoxy) is 12. The van der Waals surface area contributed by atoms with E-state index in [9.17, 15) is 42.7 Å². The average Bonchev–Trinajstić information content (AvgIpc) is 1.42. The summed E-state index contributed by atoms with van der Waals surface area (Å²) in [5.41, 5.74) is 12.3. The molecule has 11 N–H and O–H groups in total. The number of aromatic nitrogens is 6. The monoisotopic (exact) mass is 1500 g/mol. The first kappa shape index (κ1) is 88.1. The number of carbonyl (C=O) groups excluding carboxylic acids is 7. The van der Waals surface area contributed by atoms with E-state index in [0.29, 0.717) is 130 Å². The number of fused-ring (bicyclic) bond motifs is 1. The van der Waals surface area contributed by atoms with Crippen LogP contribution in [-0.4, -0.2) is 313 Å². The molecule has 7 amide bonds. The molecule has 3 aromatic heterocycles. The van der Waals surface area contributed by atoms with E-state index in [1.54, 1.807) is 32.6 Å². The molecule has 4 heterocycles. The Balaban J connectivity index is 0.779. The van der Waals surface area contributed by atoms with Crippen molar-refractivity contribution in [3.63, 3.8) is 0 Å². The molecule has 0 bridgehead atoms. The number of hydrogen-bond acceptors (Lipinski definition) is 25. The summed E-state index contributed by atoms with van der Waals surface area (Å²) < 4.78 is 82.6. The number of carbonyl (C=O) groups is 8. The molecule has 0 spiro atoms. The number of aliphatic carboxylic acids is 1. The number of piperazine rings is 1. The van der Waals surface area contributed by atoms with Gasteiger partial charge < -0.3 is 110 Å². The standard InChI is InChI=1S/C68H107FN16O21/c1-67(2,3)51-43-53(49-8-10-50(69)11-9-49)80-85-46-55(78-62(51)85)65(94)84-18-17-82(48-68(84,4)5)64(93)56-45-83(81-79-56)47-59(88)73-15-21-97-25-29-101-33-37-105-41-39-103-35-31-99-27-23-95-19-12-57(86)76-52(7-6-14-75-66(71)72)63(92)74-16-22-98-26-30-102-34-38-106-42-40-104-36-32-100-28-24-96-20-13-58(87)77-54(61(70)91)44-60(89)90/h8-11,43,45-46,52,54H,6-7,12-42,44,47-48H2,1-5H3,(H2,70,91)(H,73,88)(H,74,92)(H,76,86)(H,77,87)(H,89,90)(H4,71,72,75)/t52-,54-/m0/s1. The molecule has 4 aromatic rings. The first-order valence-corrected chi connectivity index (χ1v) is 35.2. The largest absolute Gasteiger partial charge is 0.481 e. The van der Waals surface area contributed by atoms with Crippen molar-refractivity contribution in [1.82, 2.24) is 66.0 Å².